The summed E-state index contributed by atoms with van der Waals surface area (Å²) in [6.45, 7) is 0. The number of amides is 2. The van der Waals surface area contributed by atoms with Crippen LogP contribution in [-0.2, 0) is 4.79 Å². The van der Waals surface area contributed by atoms with Crippen molar-refractivity contribution in [1.29, 1.82) is 0 Å². The highest BCUT2D eigenvalue weighted by Crippen LogP contribution is 2.33. The van der Waals surface area contributed by atoms with Gasteiger partial charge in [0, 0.05) is 11.6 Å². The van der Waals surface area contributed by atoms with E-state index in [-0.39, 0.29) is 17.6 Å². The summed E-state index contributed by atoms with van der Waals surface area (Å²) in [7, 11) is 0. The fourth-order valence-corrected chi connectivity index (χ4v) is 4.19. The van der Waals surface area contributed by atoms with Gasteiger partial charge in [0.25, 0.3) is 11.1 Å². The van der Waals surface area contributed by atoms with Crippen LogP contribution >= 0.6 is 11.8 Å². The van der Waals surface area contributed by atoms with Crippen molar-refractivity contribution in [1.82, 2.24) is 10.2 Å². The second-order valence-electron chi connectivity index (χ2n) is 7.44. The number of hydrogen-bond acceptors (Lipinski definition) is 6. The third kappa shape index (κ3) is 5.73. The van der Waals surface area contributed by atoms with Crippen molar-refractivity contribution in [2.45, 2.75) is 43.2 Å². The van der Waals surface area contributed by atoms with E-state index < -0.39 is 0 Å². The maximum Gasteiger partial charge on any atom is 0.277 e. The van der Waals surface area contributed by atoms with E-state index >= 15 is 0 Å². The Labute approximate surface area is 185 Å². The Bertz CT molecular complexity index is 1030. The van der Waals surface area contributed by atoms with E-state index in [1.54, 1.807) is 24.3 Å². The van der Waals surface area contributed by atoms with Gasteiger partial charge in [0.05, 0.1) is 17.0 Å². The molecule has 2 aromatic carbocycles. The van der Waals surface area contributed by atoms with Gasteiger partial charge in [-0.3, -0.25) is 9.59 Å². The van der Waals surface area contributed by atoms with Crippen molar-refractivity contribution >= 4 is 35.0 Å². The standard InChI is InChI=1S/C23H24N4O3S/c28-20(15-31-23-27-26-22(30-23)16-9-3-1-4-10-16)25-19-14-8-7-13-18(19)21(29)24-17-11-5-2-6-12-17/h2,5-8,11-14,16H,1,3-4,9-10,15H2,(H,24,29)(H,25,28). The number of anilines is 2. The Morgan fingerprint density at radius 1 is 0.935 bits per heavy atom. The highest BCUT2D eigenvalue weighted by atomic mass is 32.2. The molecule has 0 radical (unpaired) electrons. The number of nitrogens with zero attached hydrogens (tertiary/aromatic N) is 2. The minimum absolute atomic E-state index is 0.112. The number of thioether (sulfide) groups is 1. The van der Waals surface area contributed by atoms with Crippen molar-refractivity contribution in [2.75, 3.05) is 16.4 Å². The molecule has 31 heavy (non-hydrogen) atoms. The van der Waals surface area contributed by atoms with E-state index in [0.717, 1.165) is 12.8 Å². The van der Waals surface area contributed by atoms with Crippen molar-refractivity contribution in [2.24, 2.45) is 0 Å². The number of benzene rings is 2. The van der Waals surface area contributed by atoms with Gasteiger partial charge in [0.2, 0.25) is 11.8 Å². The summed E-state index contributed by atoms with van der Waals surface area (Å²) >= 11 is 1.20. The van der Waals surface area contributed by atoms with Gasteiger partial charge in [-0.25, -0.2) is 0 Å². The molecule has 0 saturated heterocycles. The number of carbonyl (C=O) groups is 2. The Morgan fingerprint density at radius 2 is 1.68 bits per heavy atom. The van der Waals surface area contributed by atoms with Crippen LogP contribution in [0.5, 0.6) is 0 Å². The van der Waals surface area contributed by atoms with Gasteiger partial charge in [0.15, 0.2) is 0 Å². The molecule has 1 aromatic heterocycles. The topological polar surface area (TPSA) is 97.1 Å². The van der Waals surface area contributed by atoms with Crippen LogP contribution in [0.25, 0.3) is 0 Å². The van der Waals surface area contributed by atoms with E-state index in [0.29, 0.717) is 34.0 Å². The number of carbonyl (C=O) groups excluding carboxylic acids is 2. The Balaban J connectivity index is 1.34. The van der Waals surface area contributed by atoms with Crippen LogP contribution in [-0.4, -0.2) is 27.8 Å². The highest BCUT2D eigenvalue weighted by molar-refractivity contribution is 7.99. The number of aromatic nitrogens is 2. The second kappa shape index (κ2) is 10.3. The molecular formula is C23H24N4O3S. The molecule has 7 nitrogen and oxygen atoms in total. The van der Waals surface area contributed by atoms with E-state index in [1.165, 1.54) is 31.0 Å². The molecule has 0 aliphatic heterocycles. The molecule has 0 unspecified atom stereocenters. The molecule has 1 heterocycles. The van der Waals surface area contributed by atoms with Crippen LogP contribution < -0.4 is 10.6 Å². The molecule has 1 saturated carbocycles. The first kappa shape index (κ1) is 21.1. The van der Waals surface area contributed by atoms with Gasteiger partial charge < -0.3 is 15.1 Å². The minimum Gasteiger partial charge on any atom is -0.416 e. The summed E-state index contributed by atoms with van der Waals surface area (Å²) < 4.78 is 5.75. The molecule has 2 N–H and O–H groups in total. The summed E-state index contributed by atoms with van der Waals surface area (Å²) in [4.78, 5) is 25.1. The maximum atomic E-state index is 12.6. The lowest BCUT2D eigenvalue weighted by molar-refractivity contribution is -0.113. The monoisotopic (exact) mass is 436 g/mol. The predicted octanol–water partition coefficient (Wildman–Crippen LogP) is 5.10. The lowest BCUT2D eigenvalue weighted by atomic mass is 9.89. The zero-order valence-electron chi connectivity index (χ0n) is 17.0. The Hall–Kier alpha value is -3.13. The molecule has 3 aromatic rings. The molecule has 2 amide bonds. The molecule has 160 valence electrons. The van der Waals surface area contributed by atoms with Gasteiger partial charge >= 0.3 is 0 Å². The van der Waals surface area contributed by atoms with Crippen LogP contribution in [0.4, 0.5) is 11.4 Å². The second-order valence-corrected chi connectivity index (χ2v) is 8.37. The molecule has 8 heteroatoms. The zero-order valence-corrected chi connectivity index (χ0v) is 17.9. The van der Waals surface area contributed by atoms with Crippen molar-refractivity contribution in [3.8, 4) is 0 Å². The first-order valence-electron chi connectivity index (χ1n) is 10.4. The normalized spacial score (nSPS) is 14.2. The number of hydrogen-bond donors (Lipinski definition) is 2. The molecule has 0 spiro atoms. The zero-order chi connectivity index (χ0) is 21.5. The predicted molar refractivity (Wildman–Crippen MR) is 120 cm³/mol. The summed E-state index contributed by atoms with van der Waals surface area (Å²) in [6.07, 6.45) is 5.80. The van der Waals surface area contributed by atoms with Crippen LogP contribution in [0.2, 0.25) is 0 Å². The summed E-state index contributed by atoms with van der Waals surface area (Å²) in [5, 5.41) is 14.3. The lowest BCUT2D eigenvalue weighted by Crippen LogP contribution is -2.19. The fourth-order valence-electron chi connectivity index (χ4n) is 3.62. The molecular weight excluding hydrogens is 412 g/mol. The van der Waals surface area contributed by atoms with E-state index in [9.17, 15) is 9.59 Å². The van der Waals surface area contributed by atoms with Gasteiger partial charge in [-0.05, 0) is 37.1 Å². The van der Waals surface area contributed by atoms with Crippen LogP contribution in [0.15, 0.2) is 64.2 Å². The quantitative estimate of drug-likeness (QED) is 0.500. The largest absolute Gasteiger partial charge is 0.416 e. The Kier molecular flexibility index (Phi) is 6.99. The lowest BCUT2D eigenvalue weighted by Gasteiger charge is -2.17. The molecule has 1 aliphatic carbocycles. The van der Waals surface area contributed by atoms with Gasteiger partial charge in [0.1, 0.15) is 0 Å². The fraction of sp³-hybridized carbons (Fsp3) is 0.304. The molecule has 1 aliphatic rings. The first-order valence-corrected chi connectivity index (χ1v) is 11.4. The minimum atomic E-state index is -0.288. The molecule has 1 fully saturated rings. The third-order valence-electron chi connectivity index (χ3n) is 5.18. The van der Waals surface area contributed by atoms with Crippen molar-refractivity contribution in [3.63, 3.8) is 0 Å². The molecule has 0 bridgehead atoms. The van der Waals surface area contributed by atoms with Crippen molar-refractivity contribution in [3.05, 3.63) is 66.1 Å². The molecule has 4 rings (SSSR count). The van der Waals surface area contributed by atoms with E-state index in [4.69, 9.17) is 4.42 Å². The number of nitrogens with one attached hydrogen (secondary N) is 2. The first-order chi connectivity index (χ1) is 15.2. The summed E-state index contributed by atoms with van der Waals surface area (Å²) in [5.41, 5.74) is 1.53. The maximum absolute atomic E-state index is 12.6. The summed E-state index contributed by atoms with van der Waals surface area (Å²) in [5.74, 6) is 0.581. The van der Waals surface area contributed by atoms with E-state index in [1.807, 2.05) is 30.3 Å². The average Bonchev–Trinajstić information content (AvgIpc) is 3.28. The van der Waals surface area contributed by atoms with Crippen LogP contribution in [0, 0.1) is 0 Å². The van der Waals surface area contributed by atoms with Gasteiger partial charge in [-0.2, -0.15) is 0 Å². The highest BCUT2D eigenvalue weighted by Gasteiger charge is 2.22. The van der Waals surface area contributed by atoms with Crippen LogP contribution in [0.3, 0.4) is 0 Å². The SMILES string of the molecule is O=C(CSc1nnc(C2CCCCC2)o1)Nc1ccccc1C(=O)Nc1ccccc1. The third-order valence-corrected chi connectivity index (χ3v) is 6.00. The smallest absolute Gasteiger partial charge is 0.277 e. The average molecular weight is 437 g/mol. The Morgan fingerprint density at radius 3 is 2.48 bits per heavy atom. The van der Waals surface area contributed by atoms with Gasteiger partial charge in [-0.1, -0.05) is 61.4 Å². The molecule has 0 atom stereocenters. The summed E-state index contributed by atoms with van der Waals surface area (Å²) in [6, 6.07) is 16.1. The van der Waals surface area contributed by atoms with E-state index in [2.05, 4.69) is 20.8 Å². The van der Waals surface area contributed by atoms with Crippen molar-refractivity contribution < 1.29 is 14.0 Å². The van der Waals surface area contributed by atoms with Crippen LogP contribution in [0.1, 0.15) is 54.3 Å². The number of rotatable bonds is 7. The van der Waals surface area contributed by atoms with Gasteiger partial charge in [-0.15, -0.1) is 10.2 Å². The number of para-hydroxylation sites is 2.